The number of hydrogen-bond donors (Lipinski definition) is 1. The van der Waals surface area contributed by atoms with E-state index in [0.29, 0.717) is 6.54 Å². The highest BCUT2D eigenvalue weighted by Gasteiger charge is 2.66. The number of para-hydroxylation sites is 1. The van der Waals surface area contributed by atoms with E-state index in [4.69, 9.17) is 4.74 Å². The van der Waals surface area contributed by atoms with Crippen molar-refractivity contribution in [2.24, 2.45) is 5.92 Å². The van der Waals surface area contributed by atoms with Crippen LogP contribution in [0.3, 0.4) is 0 Å². The molecule has 2 saturated heterocycles. The summed E-state index contributed by atoms with van der Waals surface area (Å²) in [5, 5.41) is 9.58. The number of likely N-dealkylation sites (N-methyl/N-ethyl adjacent to an activating group) is 1. The zero-order valence-electron chi connectivity index (χ0n) is 18.1. The third-order valence-electron chi connectivity index (χ3n) is 7.28. The van der Waals surface area contributed by atoms with Gasteiger partial charge in [-0.3, -0.25) is 9.59 Å². The van der Waals surface area contributed by atoms with E-state index in [1.807, 2.05) is 31.2 Å². The van der Waals surface area contributed by atoms with Gasteiger partial charge in [0.15, 0.2) is 5.60 Å². The Hall–Kier alpha value is -1.77. The number of halogens is 1. The molecule has 5 atom stereocenters. The first-order chi connectivity index (χ1) is 14.1. The molecule has 6 nitrogen and oxygen atoms in total. The SMILES string of the molecule is C[C@H]1[C@H]([Si](C)(C)F)[C@@H](CC(=O)N2CCC[C@H]2CO)O[C@]12C(=O)N(C)c1ccccc12. The van der Waals surface area contributed by atoms with Gasteiger partial charge in [-0.15, -0.1) is 0 Å². The van der Waals surface area contributed by atoms with E-state index in [9.17, 15) is 14.7 Å². The molecule has 2 amide bonds. The van der Waals surface area contributed by atoms with Crippen molar-refractivity contribution < 1.29 is 23.5 Å². The van der Waals surface area contributed by atoms with Crippen molar-refractivity contribution in [1.29, 1.82) is 0 Å². The molecule has 2 fully saturated rings. The van der Waals surface area contributed by atoms with Crippen LogP contribution in [-0.2, 0) is 19.9 Å². The quantitative estimate of drug-likeness (QED) is 0.584. The summed E-state index contributed by atoms with van der Waals surface area (Å²) in [6.45, 7) is 5.69. The number of likely N-dealkylation sites (tertiary alicyclic amines) is 1. The Morgan fingerprint density at radius 2 is 2.07 bits per heavy atom. The van der Waals surface area contributed by atoms with Crippen LogP contribution in [-0.4, -0.2) is 62.6 Å². The van der Waals surface area contributed by atoms with Gasteiger partial charge in [0.2, 0.25) is 14.3 Å². The Morgan fingerprint density at radius 1 is 1.37 bits per heavy atom. The number of nitrogens with zero attached hydrogens (tertiary/aromatic N) is 2. The molecule has 0 unspecified atom stereocenters. The average Bonchev–Trinajstić information content (AvgIpc) is 3.34. The fraction of sp³-hybridized carbons (Fsp3) is 0.636. The minimum Gasteiger partial charge on any atom is -0.394 e. The summed E-state index contributed by atoms with van der Waals surface area (Å²) < 4.78 is 22.0. The lowest BCUT2D eigenvalue weighted by Gasteiger charge is -2.31. The fourth-order valence-corrected chi connectivity index (χ4v) is 8.44. The second-order valence-electron chi connectivity index (χ2n) is 9.42. The molecule has 30 heavy (non-hydrogen) atoms. The minimum atomic E-state index is -3.26. The van der Waals surface area contributed by atoms with E-state index in [0.717, 1.165) is 24.1 Å². The maximum Gasteiger partial charge on any atom is 0.264 e. The van der Waals surface area contributed by atoms with Gasteiger partial charge in [-0.25, -0.2) is 0 Å². The van der Waals surface area contributed by atoms with Gasteiger partial charge >= 0.3 is 0 Å². The van der Waals surface area contributed by atoms with Gasteiger partial charge in [0.1, 0.15) is 0 Å². The number of fused-ring (bicyclic) bond motifs is 2. The topological polar surface area (TPSA) is 70.1 Å². The second-order valence-corrected chi connectivity index (χ2v) is 13.2. The maximum absolute atomic E-state index is 15.6. The number of benzene rings is 1. The first-order valence-corrected chi connectivity index (χ1v) is 13.7. The summed E-state index contributed by atoms with van der Waals surface area (Å²) in [6, 6.07) is 7.31. The Morgan fingerprint density at radius 3 is 2.73 bits per heavy atom. The van der Waals surface area contributed by atoms with E-state index in [2.05, 4.69) is 0 Å². The van der Waals surface area contributed by atoms with E-state index in [1.165, 1.54) is 0 Å². The standard InChI is InChI=1S/C22H31FN2O4Si/c1-14-20(30(3,4)23)18(12-19(27)25-11-7-8-15(25)13-26)29-22(14)16-9-5-6-10-17(16)24(2)21(22)28/h5-6,9-10,14-15,18,20,26H,7-8,11-13H2,1-4H3/t14-,15-,18+,20-,22+/m0/s1. The Bertz CT molecular complexity index is 860. The molecule has 1 aromatic carbocycles. The molecular weight excluding hydrogens is 403 g/mol. The van der Waals surface area contributed by atoms with Crippen LogP contribution >= 0.6 is 0 Å². The molecule has 8 heteroatoms. The highest BCUT2D eigenvalue weighted by Crippen LogP contribution is 2.59. The smallest absolute Gasteiger partial charge is 0.264 e. The van der Waals surface area contributed by atoms with Gasteiger partial charge < -0.3 is 23.8 Å². The van der Waals surface area contributed by atoms with Gasteiger partial charge in [-0.05, 0) is 32.0 Å². The number of carbonyl (C=O) groups excluding carboxylic acids is 2. The van der Waals surface area contributed by atoms with Gasteiger partial charge in [0.05, 0.1) is 30.9 Å². The summed E-state index contributed by atoms with van der Waals surface area (Å²) in [6.07, 6.45) is 0.999. The van der Waals surface area contributed by atoms with Crippen molar-refractivity contribution in [3.8, 4) is 0 Å². The summed E-state index contributed by atoms with van der Waals surface area (Å²) in [5.74, 6) is -0.701. The van der Waals surface area contributed by atoms with Crippen LogP contribution in [0.15, 0.2) is 24.3 Å². The number of ether oxygens (including phenoxy) is 1. The number of carbonyl (C=O) groups is 2. The summed E-state index contributed by atoms with van der Waals surface area (Å²) in [7, 11) is -1.55. The highest BCUT2D eigenvalue weighted by molar-refractivity contribution is 6.72. The number of aliphatic hydroxyl groups is 1. The van der Waals surface area contributed by atoms with Gasteiger partial charge in [-0.2, -0.15) is 0 Å². The predicted octanol–water partition coefficient (Wildman–Crippen LogP) is 2.81. The molecule has 4 rings (SSSR count). The molecule has 0 aromatic heterocycles. The molecule has 3 aliphatic rings. The zero-order chi connectivity index (χ0) is 21.8. The first kappa shape index (κ1) is 21.5. The molecule has 1 N–H and O–H groups in total. The van der Waals surface area contributed by atoms with E-state index >= 15 is 4.11 Å². The molecule has 1 aromatic rings. The lowest BCUT2D eigenvalue weighted by Crippen LogP contribution is -2.44. The lowest BCUT2D eigenvalue weighted by molar-refractivity contribution is -0.149. The van der Waals surface area contributed by atoms with E-state index < -0.39 is 25.7 Å². The van der Waals surface area contributed by atoms with Gasteiger partial charge in [0.25, 0.3) is 5.91 Å². The average molecular weight is 435 g/mol. The Balaban J connectivity index is 1.70. The molecule has 0 saturated carbocycles. The summed E-state index contributed by atoms with van der Waals surface area (Å²) >= 11 is 0. The van der Waals surface area contributed by atoms with Crippen LogP contribution in [0.2, 0.25) is 18.6 Å². The Labute approximate surface area is 178 Å². The van der Waals surface area contributed by atoms with Crippen LogP contribution in [0.1, 0.15) is 31.7 Å². The molecule has 0 aliphatic carbocycles. The molecule has 3 heterocycles. The molecule has 0 radical (unpaired) electrons. The normalized spacial score (nSPS) is 33.6. The number of aliphatic hydroxyl groups excluding tert-OH is 1. The monoisotopic (exact) mass is 434 g/mol. The zero-order valence-corrected chi connectivity index (χ0v) is 19.1. The molecular formula is C22H31FN2O4Si. The summed E-state index contributed by atoms with van der Waals surface area (Å²) in [4.78, 5) is 29.8. The number of amides is 2. The van der Waals surface area contributed by atoms with Crippen LogP contribution in [0.25, 0.3) is 0 Å². The van der Waals surface area contributed by atoms with Gasteiger partial charge in [0, 0.05) is 30.6 Å². The van der Waals surface area contributed by atoms with E-state index in [-0.39, 0.29) is 36.8 Å². The minimum absolute atomic E-state index is 0.0345. The second kappa shape index (κ2) is 7.42. The Kier molecular flexibility index (Phi) is 5.31. The third kappa shape index (κ3) is 3.03. The largest absolute Gasteiger partial charge is 0.394 e. The first-order valence-electron chi connectivity index (χ1n) is 10.8. The van der Waals surface area contributed by atoms with Crippen LogP contribution in [0, 0.1) is 5.92 Å². The van der Waals surface area contributed by atoms with Crippen molar-refractivity contribution in [2.75, 3.05) is 25.1 Å². The van der Waals surface area contributed by atoms with Crippen molar-refractivity contribution in [2.45, 2.75) is 62.6 Å². The molecule has 164 valence electrons. The number of rotatable bonds is 4. The van der Waals surface area contributed by atoms with Gasteiger partial charge in [-0.1, -0.05) is 25.1 Å². The van der Waals surface area contributed by atoms with Crippen molar-refractivity contribution in [1.82, 2.24) is 4.90 Å². The van der Waals surface area contributed by atoms with Crippen molar-refractivity contribution >= 4 is 25.9 Å². The maximum atomic E-state index is 15.6. The van der Waals surface area contributed by atoms with Crippen LogP contribution in [0.4, 0.5) is 9.80 Å². The van der Waals surface area contributed by atoms with Crippen LogP contribution < -0.4 is 4.90 Å². The fourth-order valence-electron chi connectivity index (χ4n) is 5.95. The van der Waals surface area contributed by atoms with Crippen molar-refractivity contribution in [3.63, 3.8) is 0 Å². The highest BCUT2D eigenvalue weighted by atomic mass is 28.4. The van der Waals surface area contributed by atoms with E-state index in [1.54, 1.807) is 29.9 Å². The predicted molar refractivity (Wildman–Crippen MR) is 114 cm³/mol. The molecule has 0 bridgehead atoms. The third-order valence-corrected chi connectivity index (χ3v) is 9.74. The molecule has 3 aliphatic heterocycles. The summed E-state index contributed by atoms with van der Waals surface area (Å²) in [5.41, 5.74) is -0.199. The number of anilines is 1. The lowest BCUT2D eigenvalue weighted by atomic mass is 9.82. The van der Waals surface area contributed by atoms with Crippen molar-refractivity contribution in [3.05, 3.63) is 29.8 Å². The molecule has 1 spiro atoms. The number of hydrogen-bond acceptors (Lipinski definition) is 4. The van der Waals surface area contributed by atoms with Crippen LogP contribution in [0.5, 0.6) is 0 Å².